The molecule has 0 aliphatic carbocycles. The highest BCUT2D eigenvalue weighted by molar-refractivity contribution is 5.18. The van der Waals surface area contributed by atoms with Crippen LogP contribution in [-0.2, 0) is 14.1 Å². The number of hydrogen-bond acceptors (Lipinski definition) is 3. The second kappa shape index (κ2) is 6.50. The highest BCUT2D eigenvalue weighted by Crippen LogP contribution is 2.16. The normalized spacial score (nSPS) is 10.8. The fourth-order valence-electron chi connectivity index (χ4n) is 2.21. The Labute approximate surface area is 115 Å². The molecule has 5 nitrogen and oxygen atoms in total. The molecule has 0 aliphatic rings. The van der Waals surface area contributed by atoms with Gasteiger partial charge in [-0.15, -0.1) is 0 Å². The lowest BCUT2D eigenvalue weighted by atomic mass is 10.1. The summed E-state index contributed by atoms with van der Waals surface area (Å²) in [5.74, 6) is 2.08. The fraction of sp³-hybridized carbons (Fsp3) is 0.643. The van der Waals surface area contributed by atoms with Crippen molar-refractivity contribution >= 4 is 0 Å². The van der Waals surface area contributed by atoms with Crippen LogP contribution in [0.2, 0.25) is 0 Å². The predicted octanol–water partition coefficient (Wildman–Crippen LogP) is 2.79. The van der Waals surface area contributed by atoms with Crippen molar-refractivity contribution in [1.29, 1.82) is 0 Å². The van der Waals surface area contributed by atoms with Crippen molar-refractivity contribution in [2.24, 2.45) is 14.1 Å². The van der Waals surface area contributed by atoms with Crippen LogP contribution in [0.3, 0.4) is 0 Å². The van der Waals surface area contributed by atoms with E-state index >= 15 is 0 Å². The maximum absolute atomic E-state index is 4.15. The van der Waals surface area contributed by atoms with Crippen LogP contribution in [0.4, 0.5) is 0 Å². The van der Waals surface area contributed by atoms with Gasteiger partial charge in [-0.25, -0.2) is 4.98 Å². The number of aromatic nitrogens is 5. The molecule has 106 valence electrons. The SMILES string of the molecule is CC(C)c1ncnn1C.Cc1cnn(C)c1C(C)C. The molecule has 2 aromatic rings. The van der Waals surface area contributed by atoms with E-state index in [1.54, 1.807) is 11.0 Å². The zero-order chi connectivity index (χ0) is 14.6. The third-order valence-corrected chi connectivity index (χ3v) is 2.99. The summed E-state index contributed by atoms with van der Waals surface area (Å²) in [5.41, 5.74) is 2.62. The average molecular weight is 263 g/mol. The van der Waals surface area contributed by atoms with E-state index in [2.05, 4.69) is 49.8 Å². The molecule has 0 spiro atoms. The molecular weight excluding hydrogens is 238 g/mol. The van der Waals surface area contributed by atoms with E-state index < -0.39 is 0 Å². The van der Waals surface area contributed by atoms with Crippen LogP contribution in [0.1, 0.15) is 56.6 Å². The maximum Gasteiger partial charge on any atom is 0.138 e. The van der Waals surface area contributed by atoms with Gasteiger partial charge in [-0.1, -0.05) is 27.7 Å². The Morgan fingerprint density at radius 2 is 1.58 bits per heavy atom. The van der Waals surface area contributed by atoms with Crippen molar-refractivity contribution in [3.63, 3.8) is 0 Å². The summed E-state index contributed by atoms with van der Waals surface area (Å²) in [4.78, 5) is 4.07. The monoisotopic (exact) mass is 263 g/mol. The van der Waals surface area contributed by atoms with E-state index in [1.165, 1.54) is 11.3 Å². The van der Waals surface area contributed by atoms with Crippen LogP contribution in [-0.4, -0.2) is 24.5 Å². The summed E-state index contributed by atoms with van der Waals surface area (Å²) in [6, 6.07) is 0. The molecule has 0 aromatic carbocycles. The van der Waals surface area contributed by atoms with Gasteiger partial charge in [0.05, 0.1) is 6.20 Å². The molecule has 0 fully saturated rings. The summed E-state index contributed by atoms with van der Waals surface area (Å²) in [6.07, 6.45) is 3.49. The fourth-order valence-corrected chi connectivity index (χ4v) is 2.21. The highest BCUT2D eigenvalue weighted by atomic mass is 15.3. The molecule has 0 bridgehead atoms. The molecule has 2 aromatic heterocycles. The Kier molecular flexibility index (Phi) is 5.27. The van der Waals surface area contributed by atoms with E-state index in [0.717, 1.165) is 5.82 Å². The second-order valence-electron chi connectivity index (χ2n) is 5.39. The Hall–Kier alpha value is -1.65. The van der Waals surface area contributed by atoms with E-state index in [0.29, 0.717) is 11.8 Å². The summed E-state index contributed by atoms with van der Waals surface area (Å²) in [7, 11) is 3.89. The molecule has 0 radical (unpaired) electrons. The molecule has 2 rings (SSSR count). The van der Waals surface area contributed by atoms with Gasteiger partial charge in [0.2, 0.25) is 0 Å². The Bertz CT molecular complexity index is 488. The van der Waals surface area contributed by atoms with Crippen molar-refractivity contribution in [1.82, 2.24) is 24.5 Å². The van der Waals surface area contributed by atoms with Crippen LogP contribution in [0.15, 0.2) is 12.5 Å². The minimum Gasteiger partial charge on any atom is -0.272 e. The van der Waals surface area contributed by atoms with Crippen LogP contribution in [0, 0.1) is 6.92 Å². The molecule has 0 saturated carbocycles. The van der Waals surface area contributed by atoms with Gasteiger partial charge in [-0.05, 0) is 18.4 Å². The smallest absolute Gasteiger partial charge is 0.138 e. The molecule has 0 atom stereocenters. The molecule has 0 unspecified atom stereocenters. The Balaban J connectivity index is 0.000000191. The number of rotatable bonds is 2. The van der Waals surface area contributed by atoms with Crippen molar-refractivity contribution in [2.45, 2.75) is 46.5 Å². The van der Waals surface area contributed by atoms with Gasteiger partial charge in [-0.3, -0.25) is 9.36 Å². The number of aryl methyl sites for hydroxylation is 3. The zero-order valence-corrected chi connectivity index (χ0v) is 13.0. The molecule has 0 saturated heterocycles. The standard InChI is InChI=1S/C8H14N2.C6H11N3/c1-6(2)8-7(3)5-9-10(8)4;1-5(2)6-7-4-8-9(6)3/h5-6H,1-4H3;4-5H,1-3H3. The summed E-state index contributed by atoms with van der Waals surface area (Å²) < 4.78 is 3.74. The van der Waals surface area contributed by atoms with Crippen molar-refractivity contribution in [2.75, 3.05) is 0 Å². The topological polar surface area (TPSA) is 48.5 Å². The summed E-state index contributed by atoms with van der Waals surface area (Å²) in [5, 5.41) is 8.10. The predicted molar refractivity (Wildman–Crippen MR) is 77.1 cm³/mol. The van der Waals surface area contributed by atoms with E-state index in [4.69, 9.17) is 0 Å². The first-order chi connectivity index (χ1) is 8.84. The van der Waals surface area contributed by atoms with Gasteiger partial charge in [0.25, 0.3) is 0 Å². The van der Waals surface area contributed by atoms with Crippen LogP contribution >= 0.6 is 0 Å². The molecule has 0 aliphatic heterocycles. The summed E-state index contributed by atoms with van der Waals surface area (Å²) >= 11 is 0. The molecule has 5 heteroatoms. The first-order valence-corrected chi connectivity index (χ1v) is 6.67. The number of hydrogen-bond donors (Lipinski definition) is 0. The molecule has 0 N–H and O–H groups in total. The van der Waals surface area contributed by atoms with Gasteiger partial charge in [0.15, 0.2) is 0 Å². The van der Waals surface area contributed by atoms with Gasteiger partial charge >= 0.3 is 0 Å². The Morgan fingerprint density at radius 3 is 1.79 bits per heavy atom. The quantitative estimate of drug-likeness (QED) is 0.837. The minimum absolute atomic E-state index is 0.470. The lowest BCUT2D eigenvalue weighted by Crippen LogP contribution is -2.00. The lowest BCUT2D eigenvalue weighted by Gasteiger charge is -2.05. The lowest BCUT2D eigenvalue weighted by molar-refractivity contribution is 0.655. The van der Waals surface area contributed by atoms with Gasteiger partial charge in [0, 0.05) is 25.7 Å². The third kappa shape index (κ3) is 3.91. The first kappa shape index (κ1) is 15.4. The second-order valence-corrected chi connectivity index (χ2v) is 5.39. The van der Waals surface area contributed by atoms with Gasteiger partial charge in [0.1, 0.15) is 12.2 Å². The van der Waals surface area contributed by atoms with Crippen LogP contribution < -0.4 is 0 Å². The van der Waals surface area contributed by atoms with E-state index in [1.807, 2.05) is 25.0 Å². The maximum atomic E-state index is 4.15. The van der Waals surface area contributed by atoms with Gasteiger partial charge < -0.3 is 0 Å². The average Bonchev–Trinajstić information content (AvgIpc) is 2.86. The Morgan fingerprint density at radius 1 is 0.947 bits per heavy atom. The molecule has 0 amide bonds. The van der Waals surface area contributed by atoms with Gasteiger partial charge in [-0.2, -0.15) is 10.2 Å². The molecule has 19 heavy (non-hydrogen) atoms. The first-order valence-electron chi connectivity index (χ1n) is 6.67. The minimum atomic E-state index is 0.470. The zero-order valence-electron chi connectivity index (χ0n) is 13.0. The molecule has 2 heterocycles. The highest BCUT2D eigenvalue weighted by Gasteiger charge is 2.07. The molecular formula is C14H25N5. The van der Waals surface area contributed by atoms with Crippen molar-refractivity contribution < 1.29 is 0 Å². The van der Waals surface area contributed by atoms with Crippen molar-refractivity contribution in [3.05, 3.63) is 29.6 Å². The third-order valence-electron chi connectivity index (χ3n) is 2.99. The summed E-state index contributed by atoms with van der Waals surface area (Å²) in [6.45, 7) is 10.7. The largest absolute Gasteiger partial charge is 0.272 e. The van der Waals surface area contributed by atoms with Crippen LogP contribution in [0.25, 0.3) is 0 Å². The van der Waals surface area contributed by atoms with E-state index in [9.17, 15) is 0 Å². The van der Waals surface area contributed by atoms with E-state index in [-0.39, 0.29) is 0 Å². The van der Waals surface area contributed by atoms with Crippen molar-refractivity contribution in [3.8, 4) is 0 Å². The number of nitrogens with zero attached hydrogens (tertiary/aromatic N) is 5. The van der Waals surface area contributed by atoms with Crippen LogP contribution in [0.5, 0.6) is 0 Å².